The summed E-state index contributed by atoms with van der Waals surface area (Å²) < 4.78 is 5.25. The van der Waals surface area contributed by atoms with E-state index in [9.17, 15) is 5.11 Å². The van der Waals surface area contributed by atoms with Crippen molar-refractivity contribution in [3.8, 4) is 11.5 Å². The largest absolute Gasteiger partial charge is 0.508 e. The Bertz CT molecular complexity index is 882. The zero-order valence-electron chi connectivity index (χ0n) is 15.1. The highest BCUT2D eigenvalue weighted by atomic mass is 32.1. The van der Waals surface area contributed by atoms with E-state index in [1.165, 1.54) is 0 Å². The Hall–Kier alpha value is -3.05. The fourth-order valence-corrected chi connectivity index (χ4v) is 2.97. The number of nitrogens with zero attached hydrogens (tertiary/aromatic N) is 1. The average Bonchev–Trinajstić information content (AvgIpc) is 2.72. The second kappa shape index (κ2) is 9.05. The Balaban J connectivity index is 1.81. The summed E-state index contributed by atoms with van der Waals surface area (Å²) in [5.74, 6) is 1.03. The third-order valence-electron chi connectivity index (χ3n) is 4.24. The maximum Gasteiger partial charge on any atom is 0.174 e. The van der Waals surface area contributed by atoms with Crippen LogP contribution in [0.25, 0.3) is 0 Å². The number of para-hydroxylation sites is 1. The van der Waals surface area contributed by atoms with E-state index >= 15 is 0 Å². The predicted octanol–water partition coefficient (Wildman–Crippen LogP) is 4.48. The molecule has 0 radical (unpaired) electrons. The number of benzene rings is 3. The fourth-order valence-electron chi connectivity index (χ4n) is 2.73. The van der Waals surface area contributed by atoms with Gasteiger partial charge in [0.2, 0.25) is 0 Å². The van der Waals surface area contributed by atoms with Crippen LogP contribution < -0.4 is 15.0 Å². The Kier molecular flexibility index (Phi) is 6.28. The van der Waals surface area contributed by atoms with Crippen LogP contribution in [0.15, 0.2) is 78.9 Å². The molecule has 0 atom stereocenters. The van der Waals surface area contributed by atoms with E-state index in [0.717, 1.165) is 22.6 Å². The Morgan fingerprint density at radius 2 is 1.63 bits per heavy atom. The molecule has 0 aliphatic rings. The minimum Gasteiger partial charge on any atom is -0.508 e. The molecule has 0 amide bonds. The molecule has 0 saturated carbocycles. The second-order valence-corrected chi connectivity index (χ2v) is 6.44. The number of aromatic hydroxyl groups is 1. The van der Waals surface area contributed by atoms with Crippen LogP contribution in [-0.4, -0.2) is 17.3 Å². The van der Waals surface area contributed by atoms with Crippen LogP contribution >= 0.6 is 12.2 Å². The van der Waals surface area contributed by atoms with Crippen molar-refractivity contribution in [3.63, 3.8) is 0 Å². The first kappa shape index (κ1) is 18.7. The van der Waals surface area contributed by atoms with Gasteiger partial charge in [0, 0.05) is 17.8 Å². The molecular weight excluding hydrogens is 356 g/mol. The number of thiocarbonyl (C=S) groups is 1. The molecule has 2 N–H and O–H groups in total. The van der Waals surface area contributed by atoms with Crippen molar-refractivity contribution in [1.82, 2.24) is 5.32 Å². The van der Waals surface area contributed by atoms with E-state index in [2.05, 4.69) is 17.4 Å². The van der Waals surface area contributed by atoms with Gasteiger partial charge in [-0.25, -0.2) is 0 Å². The summed E-state index contributed by atoms with van der Waals surface area (Å²) >= 11 is 5.66. The average molecular weight is 378 g/mol. The lowest BCUT2D eigenvalue weighted by Gasteiger charge is -2.26. The van der Waals surface area contributed by atoms with Crippen LogP contribution in [0.1, 0.15) is 11.1 Å². The maximum atomic E-state index is 10.2. The van der Waals surface area contributed by atoms with E-state index < -0.39 is 0 Å². The topological polar surface area (TPSA) is 44.7 Å². The quantitative estimate of drug-likeness (QED) is 0.619. The predicted molar refractivity (Wildman–Crippen MR) is 113 cm³/mol. The first-order valence-corrected chi connectivity index (χ1v) is 9.08. The zero-order valence-corrected chi connectivity index (χ0v) is 15.9. The summed E-state index contributed by atoms with van der Waals surface area (Å²) in [5.41, 5.74) is 2.87. The Morgan fingerprint density at radius 3 is 2.30 bits per heavy atom. The van der Waals surface area contributed by atoms with Gasteiger partial charge in [0.1, 0.15) is 11.5 Å². The van der Waals surface area contributed by atoms with Crippen LogP contribution in [-0.2, 0) is 13.1 Å². The van der Waals surface area contributed by atoms with Gasteiger partial charge in [-0.15, -0.1) is 0 Å². The van der Waals surface area contributed by atoms with Crippen molar-refractivity contribution in [1.29, 1.82) is 0 Å². The van der Waals surface area contributed by atoms with E-state index in [-0.39, 0.29) is 5.75 Å². The number of rotatable bonds is 6. The number of phenols is 1. The number of ether oxygens (including phenoxy) is 1. The van der Waals surface area contributed by atoms with Gasteiger partial charge in [-0.2, -0.15) is 0 Å². The molecular formula is C22H22N2O2S. The molecule has 0 aliphatic carbocycles. The van der Waals surface area contributed by atoms with Crippen LogP contribution in [0.3, 0.4) is 0 Å². The first-order chi connectivity index (χ1) is 13.2. The molecule has 138 valence electrons. The van der Waals surface area contributed by atoms with Crippen LogP contribution in [0.2, 0.25) is 0 Å². The first-order valence-electron chi connectivity index (χ1n) is 8.67. The molecule has 0 heterocycles. The van der Waals surface area contributed by atoms with E-state index in [4.69, 9.17) is 17.0 Å². The van der Waals surface area contributed by atoms with Crippen molar-refractivity contribution in [2.45, 2.75) is 13.1 Å². The highest BCUT2D eigenvalue weighted by molar-refractivity contribution is 7.80. The molecule has 0 bridgehead atoms. The van der Waals surface area contributed by atoms with E-state index in [0.29, 0.717) is 18.2 Å². The van der Waals surface area contributed by atoms with Crippen molar-refractivity contribution in [2.24, 2.45) is 0 Å². The number of hydrogen-bond donors (Lipinski definition) is 2. The van der Waals surface area contributed by atoms with Crippen molar-refractivity contribution in [3.05, 3.63) is 90.0 Å². The molecule has 3 aromatic rings. The van der Waals surface area contributed by atoms with Gasteiger partial charge < -0.3 is 20.1 Å². The standard InChI is InChI=1S/C22H22N2O2S/c1-26-20-13-11-19(12-14-20)24(16-18-9-5-6-10-21(18)25)22(27)23-15-17-7-3-2-4-8-17/h2-14,25H,15-16H2,1H3,(H,23,27). The fraction of sp³-hybridized carbons (Fsp3) is 0.136. The van der Waals surface area contributed by atoms with E-state index in [1.54, 1.807) is 13.2 Å². The van der Waals surface area contributed by atoms with Gasteiger partial charge in [0.05, 0.1) is 13.7 Å². The second-order valence-electron chi connectivity index (χ2n) is 6.06. The summed E-state index contributed by atoms with van der Waals surface area (Å²) in [7, 11) is 1.64. The summed E-state index contributed by atoms with van der Waals surface area (Å²) in [5, 5.41) is 14.1. The zero-order chi connectivity index (χ0) is 19.1. The minimum absolute atomic E-state index is 0.252. The smallest absolute Gasteiger partial charge is 0.174 e. The van der Waals surface area contributed by atoms with E-state index in [1.807, 2.05) is 65.6 Å². The molecule has 3 rings (SSSR count). The highest BCUT2D eigenvalue weighted by Gasteiger charge is 2.15. The summed E-state index contributed by atoms with van der Waals surface area (Å²) in [4.78, 5) is 1.97. The number of nitrogens with one attached hydrogen (secondary N) is 1. The molecule has 0 fully saturated rings. The van der Waals surface area contributed by atoms with Crippen molar-refractivity contribution < 1.29 is 9.84 Å². The number of methoxy groups -OCH3 is 1. The van der Waals surface area contributed by atoms with Crippen molar-refractivity contribution in [2.75, 3.05) is 12.0 Å². The molecule has 4 nitrogen and oxygen atoms in total. The lowest BCUT2D eigenvalue weighted by molar-refractivity contribution is 0.415. The van der Waals surface area contributed by atoms with Crippen LogP contribution in [0.5, 0.6) is 11.5 Å². The Morgan fingerprint density at radius 1 is 0.963 bits per heavy atom. The number of anilines is 1. The molecule has 0 saturated heterocycles. The lowest BCUT2D eigenvalue weighted by Crippen LogP contribution is -2.39. The maximum absolute atomic E-state index is 10.2. The molecule has 0 aromatic heterocycles. The van der Waals surface area contributed by atoms with Crippen LogP contribution in [0, 0.1) is 0 Å². The minimum atomic E-state index is 0.252. The molecule has 3 aromatic carbocycles. The third kappa shape index (κ3) is 4.99. The normalized spacial score (nSPS) is 10.3. The summed E-state index contributed by atoms with van der Waals surface area (Å²) in [6, 6.07) is 25.1. The number of hydrogen-bond acceptors (Lipinski definition) is 3. The number of phenolic OH excluding ortho intramolecular Hbond substituents is 1. The molecule has 27 heavy (non-hydrogen) atoms. The van der Waals surface area contributed by atoms with Gasteiger partial charge in [-0.3, -0.25) is 0 Å². The molecule has 0 aliphatic heterocycles. The monoisotopic (exact) mass is 378 g/mol. The molecule has 0 unspecified atom stereocenters. The SMILES string of the molecule is COc1ccc(N(Cc2ccccc2O)C(=S)NCc2ccccc2)cc1. The third-order valence-corrected chi connectivity index (χ3v) is 4.60. The summed E-state index contributed by atoms with van der Waals surface area (Å²) in [6.07, 6.45) is 0. The van der Waals surface area contributed by atoms with Gasteiger partial charge in [0.25, 0.3) is 0 Å². The Labute approximate surface area is 165 Å². The van der Waals surface area contributed by atoms with Gasteiger partial charge in [-0.1, -0.05) is 48.5 Å². The molecule has 5 heteroatoms. The van der Waals surface area contributed by atoms with Crippen molar-refractivity contribution >= 4 is 23.0 Å². The van der Waals surface area contributed by atoms with Crippen LogP contribution in [0.4, 0.5) is 5.69 Å². The lowest BCUT2D eigenvalue weighted by atomic mass is 10.1. The summed E-state index contributed by atoms with van der Waals surface area (Å²) in [6.45, 7) is 1.09. The van der Waals surface area contributed by atoms with Gasteiger partial charge >= 0.3 is 0 Å². The van der Waals surface area contributed by atoms with Gasteiger partial charge in [-0.05, 0) is 48.1 Å². The molecule has 0 spiro atoms. The highest BCUT2D eigenvalue weighted by Crippen LogP contribution is 2.24. The van der Waals surface area contributed by atoms with Gasteiger partial charge in [0.15, 0.2) is 5.11 Å².